The Kier molecular flexibility index (Phi) is 2.91. The maximum absolute atomic E-state index is 8.35. The van der Waals surface area contributed by atoms with E-state index in [1.165, 1.54) is 0 Å². The molecule has 0 bridgehead atoms. The molecule has 1 unspecified atom stereocenters. The van der Waals surface area contributed by atoms with Gasteiger partial charge < -0.3 is 16.6 Å². The van der Waals surface area contributed by atoms with Gasteiger partial charge in [-0.3, -0.25) is 0 Å². The van der Waals surface area contributed by atoms with Crippen LogP contribution in [0.1, 0.15) is 6.92 Å². The van der Waals surface area contributed by atoms with Crippen molar-refractivity contribution < 1.29 is 5.11 Å². The molecule has 7 heavy (non-hydrogen) atoms. The molecule has 3 nitrogen and oxygen atoms in total. The molecule has 3 heteroatoms. The Morgan fingerprint density at radius 1 is 1.57 bits per heavy atom. The quantitative estimate of drug-likeness (QED) is 0.388. The lowest BCUT2D eigenvalue weighted by molar-refractivity contribution is 0.218. The van der Waals surface area contributed by atoms with Crippen LogP contribution in [0.4, 0.5) is 0 Å². The van der Waals surface area contributed by atoms with Crippen molar-refractivity contribution >= 4 is 0 Å². The standard InChI is InChI=1S/C4H12N2O/c1-3(2-7)4(5)6/h3-4,7H,2,5-6H2,1H3. The van der Waals surface area contributed by atoms with Crippen LogP contribution in [-0.2, 0) is 0 Å². The van der Waals surface area contributed by atoms with Crippen LogP contribution in [-0.4, -0.2) is 17.9 Å². The van der Waals surface area contributed by atoms with Gasteiger partial charge in [0, 0.05) is 12.5 Å². The summed E-state index contributed by atoms with van der Waals surface area (Å²) in [4.78, 5) is 0. The molecule has 0 aliphatic rings. The van der Waals surface area contributed by atoms with Crippen LogP contribution < -0.4 is 11.5 Å². The molecule has 0 amide bonds. The van der Waals surface area contributed by atoms with Gasteiger partial charge in [-0.2, -0.15) is 0 Å². The van der Waals surface area contributed by atoms with Crippen molar-refractivity contribution in [2.24, 2.45) is 17.4 Å². The summed E-state index contributed by atoms with van der Waals surface area (Å²) in [5, 5.41) is 8.35. The first-order valence-electron chi connectivity index (χ1n) is 2.30. The summed E-state index contributed by atoms with van der Waals surface area (Å²) in [6.07, 6.45) is -0.384. The summed E-state index contributed by atoms with van der Waals surface area (Å²) in [6.45, 7) is 1.86. The Labute approximate surface area is 43.3 Å². The van der Waals surface area contributed by atoms with E-state index in [0.29, 0.717) is 0 Å². The normalized spacial score (nSPS) is 15.0. The SMILES string of the molecule is CC(CO)C(N)N. The number of aliphatic hydroxyl groups excluding tert-OH is 1. The molecule has 5 N–H and O–H groups in total. The molecule has 0 radical (unpaired) electrons. The smallest absolute Gasteiger partial charge is 0.0569 e. The molecule has 44 valence electrons. The van der Waals surface area contributed by atoms with E-state index in [9.17, 15) is 0 Å². The largest absolute Gasteiger partial charge is 0.396 e. The predicted octanol–water partition coefficient (Wildman–Crippen LogP) is -1.14. The summed E-state index contributed by atoms with van der Waals surface area (Å²) in [5.74, 6) is 0.0139. The Morgan fingerprint density at radius 3 is 2.00 bits per heavy atom. The molecule has 0 saturated heterocycles. The highest BCUT2D eigenvalue weighted by atomic mass is 16.3. The summed E-state index contributed by atoms with van der Waals surface area (Å²) in [5.41, 5.74) is 10.3. The third-order valence-electron chi connectivity index (χ3n) is 0.945. The Hall–Kier alpha value is -0.120. The van der Waals surface area contributed by atoms with Crippen LogP contribution in [0.5, 0.6) is 0 Å². The fourth-order valence-corrected chi connectivity index (χ4v) is 0.122. The highest BCUT2D eigenvalue weighted by Crippen LogP contribution is 1.89. The first kappa shape index (κ1) is 6.88. The van der Waals surface area contributed by atoms with Gasteiger partial charge in [-0.15, -0.1) is 0 Å². The van der Waals surface area contributed by atoms with E-state index in [4.69, 9.17) is 16.6 Å². The van der Waals surface area contributed by atoms with Gasteiger partial charge in [-0.25, -0.2) is 0 Å². The van der Waals surface area contributed by atoms with Crippen molar-refractivity contribution in [3.05, 3.63) is 0 Å². The van der Waals surface area contributed by atoms with E-state index in [1.807, 2.05) is 0 Å². The minimum absolute atomic E-state index is 0.0139. The van der Waals surface area contributed by atoms with E-state index in [2.05, 4.69) is 0 Å². The number of nitrogens with two attached hydrogens (primary N) is 2. The Morgan fingerprint density at radius 2 is 2.00 bits per heavy atom. The first-order valence-corrected chi connectivity index (χ1v) is 2.30. The molecule has 0 rings (SSSR count). The summed E-state index contributed by atoms with van der Waals surface area (Å²) in [6, 6.07) is 0. The first-order chi connectivity index (χ1) is 3.18. The molecule has 0 aliphatic heterocycles. The highest BCUT2D eigenvalue weighted by Gasteiger charge is 2.03. The zero-order valence-corrected chi connectivity index (χ0v) is 4.46. The van der Waals surface area contributed by atoms with Gasteiger partial charge in [0.05, 0.1) is 6.17 Å². The van der Waals surface area contributed by atoms with Gasteiger partial charge >= 0.3 is 0 Å². The number of hydrogen-bond donors (Lipinski definition) is 3. The van der Waals surface area contributed by atoms with Crippen LogP contribution in [0, 0.1) is 5.92 Å². The van der Waals surface area contributed by atoms with Gasteiger partial charge in [-0.1, -0.05) is 6.92 Å². The van der Waals surface area contributed by atoms with Crippen molar-refractivity contribution in [1.29, 1.82) is 0 Å². The fourth-order valence-electron chi connectivity index (χ4n) is 0.122. The van der Waals surface area contributed by atoms with Crippen LogP contribution >= 0.6 is 0 Å². The van der Waals surface area contributed by atoms with Crippen molar-refractivity contribution in [2.45, 2.75) is 13.1 Å². The fraction of sp³-hybridized carbons (Fsp3) is 1.00. The third-order valence-corrected chi connectivity index (χ3v) is 0.945. The second kappa shape index (κ2) is 2.96. The van der Waals surface area contributed by atoms with E-state index >= 15 is 0 Å². The predicted molar refractivity (Wildman–Crippen MR) is 28.4 cm³/mol. The molecule has 0 fully saturated rings. The topological polar surface area (TPSA) is 72.3 Å². The van der Waals surface area contributed by atoms with E-state index in [1.54, 1.807) is 6.92 Å². The van der Waals surface area contributed by atoms with Crippen LogP contribution in [0.25, 0.3) is 0 Å². The van der Waals surface area contributed by atoms with Gasteiger partial charge in [0.1, 0.15) is 0 Å². The van der Waals surface area contributed by atoms with Crippen LogP contribution in [0.2, 0.25) is 0 Å². The molecule has 1 atom stereocenters. The van der Waals surface area contributed by atoms with Crippen molar-refractivity contribution in [3.8, 4) is 0 Å². The van der Waals surface area contributed by atoms with Crippen molar-refractivity contribution in [2.75, 3.05) is 6.61 Å². The third kappa shape index (κ3) is 2.56. The van der Waals surface area contributed by atoms with Crippen molar-refractivity contribution in [1.82, 2.24) is 0 Å². The average molecular weight is 104 g/mol. The molecule has 0 spiro atoms. The zero-order valence-electron chi connectivity index (χ0n) is 4.46. The summed E-state index contributed by atoms with van der Waals surface area (Å²) in [7, 11) is 0. The monoisotopic (exact) mass is 104 g/mol. The van der Waals surface area contributed by atoms with E-state index < -0.39 is 0 Å². The van der Waals surface area contributed by atoms with Gasteiger partial charge in [-0.05, 0) is 0 Å². The molecular formula is C4H12N2O. The maximum atomic E-state index is 8.35. The average Bonchev–Trinajstić information content (AvgIpc) is 1.65. The molecule has 0 saturated carbocycles. The molecule has 0 aromatic heterocycles. The van der Waals surface area contributed by atoms with Gasteiger partial charge in [0.15, 0.2) is 0 Å². The summed E-state index contributed by atoms with van der Waals surface area (Å²) >= 11 is 0. The summed E-state index contributed by atoms with van der Waals surface area (Å²) < 4.78 is 0. The zero-order chi connectivity index (χ0) is 5.86. The number of aliphatic hydroxyl groups is 1. The van der Waals surface area contributed by atoms with Gasteiger partial charge in [0.2, 0.25) is 0 Å². The maximum Gasteiger partial charge on any atom is 0.0569 e. The number of hydrogen-bond acceptors (Lipinski definition) is 3. The molecular weight excluding hydrogens is 92.1 g/mol. The molecule has 0 aromatic carbocycles. The van der Waals surface area contributed by atoms with Crippen molar-refractivity contribution in [3.63, 3.8) is 0 Å². The van der Waals surface area contributed by atoms with Crippen LogP contribution in [0.15, 0.2) is 0 Å². The highest BCUT2D eigenvalue weighted by molar-refractivity contribution is 4.58. The minimum atomic E-state index is -0.384. The lowest BCUT2D eigenvalue weighted by atomic mass is 10.1. The lowest BCUT2D eigenvalue weighted by Crippen LogP contribution is -2.38. The van der Waals surface area contributed by atoms with E-state index in [-0.39, 0.29) is 18.7 Å². The Bertz CT molecular complexity index is 47.0. The Balaban J connectivity index is 3.14. The van der Waals surface area contributed by atoms with Gasteiger partial charge in [0.25, 0.3) is 0 Å². The second-order valence-electron chi connectivity index (χ2n) is 1.74. The number of rotatable bonds is 2. The van der Waals surface area contributed by atoms with E-state index in [0.717, 1.165) is 0 Å². The molecule has 0 aromatic rings. The lowest BCUT2D eigenvalue weighted by Gasteiger charge is -2.10. The molecule has 0 heterocycles. The second-order valence-corrected chi connectivity index (χ2v) is 1.74. The molecule has 0 aliphatic carbocycles. The van der Waals surface area contributed by atoms with Crippen LogP contribution in [0.3, 0.4) is 0 Å². The minimum Gasteiger partial charge on any atom is -0.396 e.